The molecule has 0 amide bonds. The maximum absolute atomic E-state index is 5.06. The van der Waals surface area contributed by atoms with Gasteiger partial charge in [-0.1, -0.05) is 19.3 Å². The summed E-state index contributed by atoms with van der Waals surface area (Å²) in [5.74, 6) is 0. The van der Waals surface area contributed by atoms with Crippen LogP contribution in [0.5, 0.6) is 0 Å². The molecular weight excluding hydrogens is 212 g/mol. The van der Waals surface area contributed by atoms with Crippen molar-refractivity contribution in [2.75, 3.05) is 34.4 Å². The Bertz CT molecular complexity index is 93.1. The van der Waals surface area contributed by atoms with Crippen LogP contribution in [0.25, 0.3) is 0 Å². The summed E-state index contributed by atoms with van der Waals surface area (Å²) in [6.07, 6.45) is 5.44. The molecule has 94 valence electrons. The Labute approximate surface area is 95.0 Å². The Balaban J connectivity index is 0. The average Bonchev–Trinajstić information content (AvgIpc) is 3.10. The molecule has 0 heterocycles. The summed E-state index contributed by atoms with van der Waals surface area (Å²) in [5.41, 5.74) is 10.1. The van der Waals surface area contributed by atoms with Crippen molar-refractivity contribution in [1.82, 2.24) is 0 Å². The molecule has 0 aromatic carbocycles. The third kappa shape index (κ3) is 24.9. The van der Waals surface area contributed by atoms with Gasteiger partial charge in [-0.2, -0.15) is 0 Å². The molecular formula is C9H26N2O3Si. The fourth-order valence-corrected chi connectivity index (χ4v) is 0.984. The van der Waals surface area contributed by atoms with Crippen LogP contribution >= 0.6 is 0 Å². The van der Waals surface area contributed by atoms with Crippen LogP contribution in [0.4, 0.5) is 0 Å². The van der Waals surface area contributed by atoms with E-state index in [4.69, 9.17) is 24.7 Å². The van der Waals surface area contributed by atoms with Gasteiger partial charge < -0.3 is 24.7 Å². The van der Waals surface area contributed by atoms with Crippen molar-refractivity contribution in [3.05, 3.63) is 0 Å². The van der Waals surface area contributed by atoms with Crippen LogP contribution in [0, 0.1) is 0 Å². The zero-order valence-electron chi connectivity index (χ0n) is 10.2. The molecule has 1 aliphatic carbocycles. The van der Waals surface area contributed by atoms with Gasteiger partial charge in [-0.15, -0.1) is 0 Å². The lowest BCUT2D eigenvalue weighted by Crippen LogP contribution is -2.21. The number of nitrogens with two attached hydrogens (primary N) is 2. The zero-order valence-corrected chi connectivity index (χ0v) is 11.4. The molecule has 0 aliphatic heterocycles. The van der Waals surface area contributed by atoms with E-state index in [1.165, 1.54) is 19.3 Å². The highest BCUT2D eigenvalue weighted by Gasteiger charge is 2.04. The highest BCUT2D eigenvalue weighted by Crippen LogP contribution is 2.14. The van der Waals surface area contributed by atoms with E-state index < -0.39 is 9.53 Å². The zero-order chi connectivity index (χ0) is 11.9. The second-order valence-electron chi connectivity index (χ2n) is 2.99. The monoisotopic (exact) mass is 238 g/mol. The van der Waals surface area contributed by atoms with Gasteiger partial charge in [0.15, 0.2) is 0 Å². The summed E-state index contributed by atoms with van der Waals surface area (Å²) in [6, 6.07) is 0. The van der Waals surface area contributed by atoms with Crippen molar-refractivity contribution in [1.29, 1.82) is 0 Å². The molecule has 4 N–H and O–H groups in total. The Morgan fingerprint density at radius 1 is 0.867 bits per heavy atom. The topological polar surface area (TPSA) is 79.7 Å². The van der Waals surface area contributed by atoms with E-state index in [1.54, 1.807) is 21.3 Å². The molecule has 0 spiro atoms. The molecule has 5 nitrogen and oxygen atoms in total. The smallest absolute Gasteiger partial charge is 0.379 e. The highest BCUT2D eigenvalue weighted by atomic mass is 28.3. The first-order valence-corrected chi connectivity index (χ1v) is 6.66. The summed E-state index contributed by atoms with van der Waals surface area (Å²) in [4.78, 5) is 0. The first kappa shape index (κ1) is 17.4. The molecule has 0 aromatic rings. The Hall–Kier alpha value is 0.0169. The average molecular weight is 238 g/mol. The molecule has 1 saturated carbocycles. The SMILES string of the molecule is C1CC1.CO[SiH](OC)OC.NCCCN. The second-order valence-corrected chi connectivity index (χ2v) is 4.98. The van der Waals surface area contributed by atoms with Crippen LogP contribution in [-0.4, -0.2) is 43.9 Å². The maximum Gasteiger partial charge on any atom is 0.483 e. The summed E-state index contributed by atoms with van der Waals surface area (Å²) < 4.78 is 14.2. The van der Waals surface area contributed by atoms with E-state index in [0.29, 0.717) is 0 Å². The van der Waals surface area contributed by atoms with Crippen LogP contribution in [0.15, 0.2) is 0 Å². The van der Waals surface area contributed by atoms with E-state index in [1.807, 2.05) is 0 Å². The van der Waals surface area contributed by atoms with Crippen molar-refractivity contribution in [3.63, 3.8) is 0 Å². The Morgan fingerprint density at radius 2 is 1.20 bits per heavy atom. The van der Waals surface area contributed by atoms with Crippen molar-refractivity contribution in [2.45, 2.75) is 25.7 Å². The second kappa shape index (κ2) is 16.4. The summed E-state index contributed by atoms with van der Waals surface area (Å²) in [5, 5.41) is 0. The van der Waals surface area contributed by atoms with Gasteiger partial charge in [0, 0.05) is 21.3 Å². The quantitative estimate of drug-likeness (QED) is 0.664. The Kier molecular flexibility index (Phi) is 19.1. The minimum absolute atomic E-state index is 0.719. The third-order valence-electron chi connectivity index (χ3n) is 1.34. The van der Waals surface area contributed by atoms with Crippen LogP contribution < -0.4 is 11.5 Å². The molecule has 1 rings (SSSR count). The molecule has 1 fully saturated rings. The van der Waals surface area contributed by atoms with Crippen LogP contribution in [0.2, 0.25) is 0 Å². The minimum Gasteiger partial charge on any atom is -0.379 e. The van der Waals surface area contributed by atoms with Gasteiger partial charge in [-0.05, 0) is 19.5 Å². The number of hydrogen-bond acceptors (Lipinski definition) is 5. The molecule has 15 heavy (non-hydrogen) atoms. The Morgan fingerprint density at radius 3 is 1.20 bits per heavy atom. The predicted octanol–water partition coefficient (Wildman–Crippen LogP) is 0.107. The van der Waals surface area contributed by atoms with Gasteiger partial charge in [0.05, 0.1) is 0 Å². The molecule has 0 radical (unpaired) electrons. The summed E-state index contributed by atoms with van der Waals surface area (Å²) in [6.45, 7) is 1.44. The fourth-order valence-electron chi connectivity index (χ4n) is 0.407. The van der Waals surface area contributed by atoms with E-state index in [2.05, 4.69) is 0 Å². The van der Waals surface area contributed by atoms with Gasteiger partial charge in [0.1, 0.15) is 0 Å². The van der Waals surface area contributed by atoms with Crippen molar-refractivity contribution >= 4 is 9.53 Å². The molecule has 0 aromatic heterocycles. The fraction of sp³-hybridized carbons (Fsp3) is 1.00. The highest BCUT2D eigenvalue weighted by molar-refractivity contribution is 6.36. The van der Waals surface area contributed by atoms with Gasteiger partial charge in [-0.25, -0.2) is 0 Å². The molecule has 0 saturated heterocycles. The number of rotatable bonds is 5. The third-order valence-corrected chi connectivity index (χ3v) is 2.49. The largest absolute Gasteiger partial charge is 0.483 e. The van der Waals surface area contributed by atoms with Crippen molar-refractivity contribution < 1.29 is 13.3 Å². The van der Waals surface area contributed by atoms with E-state index in [0.717, 1.165) is 19.5 Å². The van der Waals surface area contributed by atoms with Gasteiger partial charge >= 0.3 is 9.53 Å². The standard InChI is InChI=1S/C3H10N2.C3H10O3Si.C3H6/c4-2-1-3-5;1-4-7(5-2)6-3;1-2-3-1/h1-5H2;7H,1-3H3;1-3H2. The maximum atomic E-state index is 5.06. The van der Waals surface area contributed by atoms with Crippen molar-refractivity contribution in [2.24, 2.45) is 11.5 Å². The van der Waals surface area contributed by atoms with Gasteiger partial charge in [-0.3, -0.25) is 0 Å². The molecule has 0 bridgehead atoms. The van der Waals surface area contributed by atoms with Crippen molar-refractivity contribution in [3.8, 4) is 0 Å². The van der Waals surface area contributed by atoms with E-state index in [-0.39, 0.29) is 0 Å². The molecule has 0 unspecified atom stereocenters. The summed E-state index contributed by atoms with van der Waals surface area (Å²) in [7, 11) is 3.05. The lowest BCUT2D eigenvalue weighted by molar-refractivity contribution is 0.163. The summed E-state index contributed by atoms with van der Waals surface area (Å²) >= 11 is 0. The predicted molar refractivity (Wildman–Crippen MR) is 64.8 cm³/mol. The molecule has 1 aliphatic rings. The normalized spacial score (nSPS) is 12.4. The van der Waals surface area contributed by atoms with E-state index in [9.17, 15) is 0 Å². The number of hydrogen-bond donors (Lipinski definition) is 2. The first-order valence-electron chi connectivity index (χ1n) is 5.25. The van der Waals surface area contributed by atoms with Crippen LogP contribution in [-0.2, 0) is 13.3 Å². The molecule has 0 atom stereocenters. The van der Waals surface area contributed by atoms with Gasteiger partial charge in [0.25, 0.3) is 0 Å². The lowest BCUT2D eigenvalue weighted by Gasteiger charge is -2.05. The molecule has 6 heteroatoms. The lowest BCUT2D eigenvalue weighted by atomic mass is 10.4. The van der Waals surface area contributed by atoms with Crippen LogP contribution in [0.1, 0.15) is 25.7 Å². The minimum atomic E-state index is -1.67. The van der Waals surface area contributed by atoms with Gasteiger partial charge in [0.2, 0.25) is 0 Å². The first-order chi connectivity index (χ1) is 7.26. The van der Waals surface area contributed by atoms with E-state index >= 15 is 0 Å². The van der Waals surface area contributed by atoms with Crippen LogP contribution in [0.3, 0.4) is 0 Å².